The number of aryl methyl sites for hydroxylation is 1. The lowest BCUT2D eigenvalue weighted by Gasteiger charge is -2.09. The molecule has 0 saturated heterocycles. The molecule has 0 bridgehead atoms. The molecule has 6 heteroatoms. The summed E-state index contributed by atoms with van der Waals surface area (Å²) < 4.78 is 0.697. The fourth-order valence-corrected chi connectivity index (χ4v) is 1.75. The SMILES string of the molecule is Cc1ccc(Nc2ncnc(NN)c2Br)cc1. The standard InChI is InChI=1S/C11H12BrN5/c1-7-2-4-8(5-3-7)16-10-9(12)11(17-13)15-6-14-10/h2-6H,13H2,1H3,(H2,14,15,16,17). The van der Waals surface area contributed by atoms with Crippen molar-refractivity contribution in [3.8, 4) is 0 Å². The molecule has 0 atom stereocenters. The number of nitrogens with zero attached hydrogens (tertiary/aromatic N) is 2. The summed E-state index contributed by atoms with van der Waals surface area (Å²) in [6.07, 6.45) is 1.44. The zero-order valence-electron chi connectivity index (χ0n) is 9.24. The Bertz CT molecular complexity index is 512. The van der Waals surface area contributed by atoms with Crippen LogP contribution in [0.5, 0.6) is 0 Å². The van der Waals surface area contributed by atoms with Gasteiger partial charge in [-0.15, -0.1) is 0 Å². The van der Waals surface area contributed by atoms with Gasteiger partial charge in [-0.1, -0.05) is 17.7 Å². The third-order valence-electron chi connectivity index (χ3n) is 2.24. The summed E-state index contributed by atoms with van der Waals surface area (Å²) in [5, 5.41) is 3.18. The summed E-state index contributed by atoms with van der Waals surface area (Å²) in [6.45, 7) is 2.04. The lowest BCUT2D eigenvalue weighted by Crippen LogP contribution is -2.10. The number of hydrogen-bond acceptors (Lipinski definition) is 5. The van der Waals surface area contributed by atoms with E-state index in [-0.39, 0.29) is 0 Å². The topological polar surface area (TPSA) is 75.9 Å². The van der Waals surface area contributed by atoms with Gasteiger partial charge in [-0.2, -0.15) is 0 Å². The van der Waals surface area contributed by atoms with E-state index in [1.54, 1.807) is 0 Å². The third-order valence-corrected chi connectivity index (χ3v) is 2.99. The first kappa shape index (κ1) is 11.8. The average molecular weight is 294 g/mol. The van der Waals surface area contributed by atoms with Crippen LogP contribution in [0.1, 0.15) is 5.56 Å². The van der Waals surface area contributed by atoms with Crippen LogP contribution in [0.2, 0.25) is 0 Å². The van der Waals surface area contributed by atoms with Gasteiger partial charge in [0.25, 0.3) is 0 Å². The Kier molecular flexibility index (Phi) is 3.55. The second kappa shape index (κ2) is 5.11. The highest BCUT2D eigenvalue weighted by Crippen LogP contribution is 2.28. The number of benzene rings is 1. The molecular formula is C11H12BrN5. The molecule has 4 N–H and O–H groups in total. The van der Waals surface area contributed by atoms with E-state index >= 15 is 0 Å². The summed E-state index contributed by atoms with van der Waals surface area (Å²) in [5.41, 5.74) is 4.66. The first-order valence-corrected chi connectivity index (χ1v) is 5.81. The van der Waals surface area contributed by atoms with E-state index in [0.29, 0.717) is 16.1 Å². The Morgan fingerprint density at radius 2 is 1.76 bits per heavy atom. The second-order valence-electron chi connectivity index (χ2n) is 3.52. The molecule has 0 spiro atoms. The molecular weight excluding hydrogens is 282 g/mol. The predicted molar refractivity (Wildman–Crippen MR) is 72.0 cm³/mol. The number of aromatic nitrogens is 2. The van der Waals surface area contributed by atoms with Gasteiger partial charge in [0.05, 0.1) is 0 Å². The van der Waals surface area contributed by atoms with E-state index in [1.165, 1.54) is 11.9 Å². The maximum Gasteiger partial charge on any atom is 0.159 e. The Hall–Kier alpha value is -1.66. The van der Waals surface area contributed by atoms with E-state index in [4.69, 9.17) is 5.84 Å². The van der Waals surface area contributed by atoms with E-state index in [1.807, 2.05) is 31.2 Å². The maximum atomic E-state index is 5.33. The number of nitrogen functional groups attached to an aromatic ring is 1. The molecule has 1 heterocycles. The van der Waals surface area contributed by atoms with Crippen LogP contribution in [-0.2, 0) is 0 Å². The molecule has 0 radical (unpaired) electrons. The van der Waals surface area contributed by atoms with Gasteiger partial charge in [0.1, 0.15) is 16.6 Å². The van der Waals surface area contributed by atoms with Crippen LogP contribution < -0.4 is 16.6 Å². The first-order chi connectivity index (χ1) is 8.20. The number of rotatable bonds is 3. The summed E-state index contributed by atoms with van der Waals surface area (Å²) >= 11 is 3.38. The minimum Gasteiger partial charge on any atom is -0.339 e. The number of halogens is 1. The molecule has 0 aliphatic rings. The van der Waals surface area contributed by atoms with Crippen molar-refractivity contribution in [2.75, 3.05) is 10.7 Å². The second-order valence-corrected chi connectivity index (χ2v) is 4.31. The van der Waals surface area contributed by atoms with Crippen molar-refractivity contribution in [1.82, 2.24) is 9.97 Å². The van der Waals surface area contributed by atoms with Crippen LogP contribution in [0, 0.1) is 6.92 Å². The fourth-order valence-electron chi connectivity index (χ4n) is 1.33. The lowest BCUT2D eigenvalue weighted by atomic mass is 10.2. The fraction of sp³-hybridized carbons (Fsp3) is 0.0909. The molecule has 0 amide bonds. The molecule has 0 saturated carbocycles. The third kappa shape index (κ3) is 2.72. The van der Waals surface area contributed by atoms with Gasteiger partial charge in [-0.25, -0.2) is 15.8 Å². The minimum atomic E-state index is 0.537. The smallest absolute Gasteiger partial charge is 0.159 e. The normalized spacial score (nSPS) is 10.1. The Morgan fingerprint density at radius 1 is 1.12 bits per heavy atom. The molecule has 0 aliphatic carbocycles. The summed E-state index contributed by atoms with van der Waals surface area (Å²) in [4.78, 5) is 8.12. The van der Waals surface area contributed by atoms with Gasteiger partial charge < -0.3 is 10.7 Å². The summed E-state index contributed by atoms with van der Waals surface area (Å²) in [6, 6.07) is 8.03. The Morgan fingerprint density at radius 3 is 2.41 bits per heavy atom. The van der Waals surface area contributed by atoms with Crippen molar-refractivity contribution in [3.63, 3.8) is 0 Å². The molecule has 2 rings (SSSR count). The lowest BCUT2D eigenvalue weighted by molar-refractivity contribution is 1.12. The van der Waals surface area contributed by atoms with Crippen LogP contribution in [0.3, 0.4) is 0 Å². The molecule has 17 heavy (non-hydrogen) atoms. The summed E-state index contributed by atoms with van der Waals surface area (Å²) in [7, 11) is 0. The number of anilines is 3. The van der Waals surface area contributed by atoms with Crippen molar-refractivity contribution < 1.29 is 0 Å². The van der Waals surface area contributed by atoms with E-state index < -0.39 is 0 Å². The predicted octanol–water partition coefficient (Wildman–Crippen LogP) is 2.58. The van der Waals surface area contributed by atoms with Gasteiger partial charge in [-0.05, 0) is 35.0 Å². The van der Waals surface area contributed by atoms with E-state index in [2.05, 4.69) is 36.6 Å². The highest BCUT2D eigenvalue weighted by atomic mass is 79.9. The van der Waals surface area contributed by atoms with Crippen LogP contribution in [0.4, 0.5) is 17.3 Å². The highest BCUT2D eigenvalue weighted by Gasteiger charge is 2.07. The van der Waals surface area contributed by atoms with E-state index in [0.717, 1.165) is 5.69 Å². The Balaban J connectivity index is 2.27. The van der Waals surface area contributed by atoms with Crippen LogP contribution in [0.25, 0.3) is 0 Å². The zero-order valence-corrected chi connectivity index (χ0v) is 10.8. The van der Waals surface area contributed by atoms with Crippen molar-refractivity contribution in [1.29, 1.82) is 0 Å². The molecule has 0 unspecified atom stereocenters. The number of hydrazine groups is 1. The van der Waals surface area contributed by atoms with Gasteiger partial charge >= 0.3 is 0 Å². The molecule has 0 fully saturated rings. The molecule has 0 aliphatic heterocycles. The average Bonchev–Trinajstić information content (AvgIpc) is 2.35. The molecule has 1 aromatic heterocycles. The zero-order chi connectivity index (χ0) is 12.3. The molecule has 2 aromatic rings. The molecule has 88 valence electrons. The van der Waals surface area contributed by atoms with Gasteiger partial charge in [0.15, 0.2) is 5.82 Å². The van der Waals surface area contributed by atoms with Crippen LogP contribution in [0.15, 0.2) is 35.1 Å². The van der Waals surface area contributed by atoms with Gasteiger partial charge in [0, 0.05) is 5.69 Å². The largest absolute Gasteiger partial charge is 0.339 e. The van der Waals surface area contributed by atoms with Gasteiger partial charge in [-0.3, -0.25) is 0 Å². The van der Waals surface area contributed by atoms with Crippen molar-refractivity contribution >= 4 is 33.3 Å². The molecule has 5 nitrogen and oxygen atoms in total. The van der Waals surface area contributed by atoms with E-state index in [9.17, 15) is 0 Å². The molecule has 1 aromatic carbocycles. The number of hydrogen-bond donors (Lipinski definition) is 3. The summed E-state index contributed by atoms with van der Waals surface area (Å²) in [5.74, 6) is 6.54. The van der Waals surface area contributed by atoms with Gasteiger partial charge in [0.2, 0.25) is 0 Å². The Labute approximate surface area is 108 Å². The van der Waals surface area contributed by atoms with Crippen LogP contribution in [-0.4, -0.2) is 9.97 Å². The maximum absolute atomic E-state index is 5.33. The van der Waals surface area contributed by atoms with Crippen molar-refractivity contribution in [2.45, 2.75) is 6.92 Å². The van der Waals surface area contributed by atoms with Crippen LogP contribution >= 0.6 is 15.9 Å². The quantitative estimate of drug-likeness (QED) is 0.599. The van der Waals surface area contributed by atoms with Crippen molar-refractivity contribution in [3.05, 3.63) is 40.6 Å². The highest BCUT2D eigenvalue weighted by molar-refractivity contribution is 9.10. The minimum absolute atomic E-state index is 0.537. The monoisotopic (exact) mass is 293 g/mol. The number of nitrogens with two attached hydrogens (primary N) is 1. The number of nitrogens with one attached hydrogen (secondary N) is 2. The van der Waals surface area contributed by atoms with Crippen molar-refractivity contribution in [2.24, 2.45) is 5.84 Å². The first-order valence-electron chi connectivity index (χ1n) is 5.01.